The van der Waals surface area contributed by atoms with Gasteiger partial charge in [-0.15, -0.1) is 0 Å². The van der Waals surface area contributed by atoms with Gasteiger partial charge in [0.1, 0.15) is 23.2 Å². The second-order valence-electron chi connectivity index (χ2n) is 5.33. The highest BCUT2D eigenvalue weighted by molar-refractivity contribution is 6.01. The Morgan fingerprint density at radius 2 is 2.04 bits per heavy atom. The zero-order valence-electron chi connectivity index (χ0n) is 13.4. The summed E-state index contributed by atoms with van der Waals surface area (Å²) >= 11 is 0. The highest BCUT2D eigenvalue weighted by Gasteiger charge is 2.15. The predicted octanol–water partition coefficient (Wildman–Crippen LogP) is 3.16. The summed E-state index contributed by atoms with van der Waals surface area (Å²) in [6.45, 7) is 1.81. The number of furan rings is 1. The van der Waals surface area contributed by atoms with Crippen molar-refractivity contribution in [1.29, 1.82) is 5.26 Å². The molecule has 0 aliphatic carbocycles. The summed E-state index contributed by atoms with van der Waals surface area (Å²) in [6, 6.07) is 9.58. The third kappa shape index (κ3) is 3.50. The Morgan fingerprint density at radius 1 is 1.33 bits per heavy atom. The maximum absolute atomic E-state index is 11.8. The summed E-state index contributed by atoms with van der Waals surface area (Å²) in [6.07, 6.45) is 1.35. The van der Waals surface area contributed by atoms with Crippen LogP contribution in [0, 0.1) is 28.4 Å². The molecule has 0 aliphatic heterocycles. The van der Waals surface area contributed by atoms with Crippen LogP contribution in [0.25, 0.3) is 17.4 Å². The Labute approximate surface area is 138 Å². The summed E-state index contributed by atoms with van der Waals surface area (Å²) < 4.78 is 5.63. The molecule has 2 rings (SSSR count). The number of carbonyl (C=O) groups excluding carboxylic acids is 1. The molecule has 24 heavy (non-hydrogen) atoms. The van der Waals surface area contributed by atoms with E-state index in [1.807, 2.05) is 13.0 Å². The highest BCUT2D eigenvalue weighted by Crippen LogP contribution is 2.29. The molecular formula is C17H15N3O4. The van der Waals surface area contributed by atoms with Crippen molar-refractivity contribution >= 4 is 17.7 Å². The van der Waals surface area contributed by atoms with Crippen LogP contribution in [-0.4, -0.2) is 29.8 Å². The van der Waals surface area contributed by atoms with Crippen LogP contribution in [0.4, 0.5) is 5.69 Å². The van der Waals surface area contributed by atoms with E-state index in [0.717, 1.165) is 5.56 Å². The van der Waals surface area contributed by atoms with Gasteiger partial charge in [-0.2, -0.15) is 5.26 Å². The van der Waals surface area contributed by atoms with E-state index in [1.165, 1.54) is 23.1 Å². The van der Waals surface area contributed by atoms with Crippen LogP contribution in [0.2, 0.25) is 0 Å². The number of nitriles is 1. The third-order valence-corrected chi connectivity index (χ3v) is 3.37. The van der Waals surface area contributed by atoms with Crippen molar-refractivity contribution in [2.24, 2.45) is 0 Å². The van der Waals surface area contributed by atoms with Crippen LogP contribution in [0.3, 0.4) is 0 Å². The molecule has 2 aromatic rings. The van der Waals surface area contributed by atoms with Crippen LogP contribution in [0.5, 0.6) is 0 Å². The Morgan fingerprint density at radius 3 is 2.62 bits per heavy atom. The van der Waals surface area contributed by atoms with Gasteiger partial charge in [-0.25, -0.2) is 0 Å². The fourth-order valence-electron chi connectivity index (χ4n) is 2.09. The molecule has 0 unspecified atom stereocenters. The molecule has 7 heteroatoms. The number of nitrogens with zero attached hydrogens (tertiary/aromatic N) is 3. The molecular weight excluding hydrogens is 310 g/mol. The molecule has 0 saturated heterocycles. The van der Waals surface area contributed by atoms with E-state index in [2.05, 4.69) is 0 Å². The Kier molecular flexibility index (Phi) is 4.80. The standard InChI is InChI=1S/C17H15N3O4/c1-11-4-5-13(20(22)23)9-15(11)16-7-6-14(24-16)8-12(10-18)17(21)19(2)3/h4-9H,1-3H3/b12-8-. The molecule has 0 radical (unpaired) electrons. The van der Waals surface area contributed by atoms with Crippen molar-refractivity contribution in [1.82, 2.24) is 4.90 Å². The third-order valence-electron chi connectivity index (χ3n) is 3.37. The van der Waals surface area contributed by atoms with E-state index < -0.39 is 10.8 Å². The summed E-state index contributed by atoms with van der Waals surface area (Å²) in [5.41, 5.74) is 1.30. The zero-order chi connectivity index (χ0) is 17.9. The first-order chi connectivity index (χ1) is 11.3. The summed E-state index contributed by atoms with van der Waals surface area (Å²) in [7, 11) is 3.10. The Hall–Kier alpha value is -3.40. The second-order valence-corrected chi connectivity index (χ2v) is 5.33. The van der Waals surface area contributed by atoms with E-state index in [-0.39, 0.29) is 11.3 Å². The minimum absolute atomic E-state index is 0.0374. The van der Waals surface area contributed by atoms with Crippen molar-refractivity contribution in [3.05, 3.63) is 57.3 Å². The van der Waals surface area contributed by atoms with Gasteiger partial charge >= 0.3 is 0 Å². The minimum Gasteiger partial charge on any atom is -0.457 e. The minimum atomic E-state index is -0.476. The number of likely N-dealkylation sites (N-methyl/N-ethyl adjacent to an activating group) is 1. The first-order valence-corrected chi connectivity index (χ1v) is 7.02. The molecule has 1 heterocycles. The summed E-state index contributed by atoms with van der Waals surface area (Å²) in [5, 5.41) is 20.0. The fraction of sp³-hybridized carbons (Fsp3) is 0.176. The smallest absolute Gasteiger partial charge is 0.270 e. The first kappa shape index (κ1) is 17.0. The first-order valence-electron chi connectivity index (χ1n) is 7.02. The number of hydrogen-bond donors (Lipinski definition) is 0. The van der Waals surface area contributed by atoms with Gasteiger partial charge < -0.3 is 9.32 Å². The lowest BCUT2D eigenvalue weighted by atomic mass is 10.1. The topological polar surface area (TPSA) is 100 Å². The highest BCUT2D eigenvalue weighted by atomic mass is 16.6. The van der Waals surface area contributed by atoms with Crippen molar-refractivity contribution in [2.45, 2.75) is 6.92 Å². The van der Waals surface area contributed by atoms with Gasteiger partial charge in [0.15, 0.2) is 0 Å². The monoisotopic (exact) mass is 325 g/mol. The Balaban J connectivity index is 2.42. The van der Waals surface area contributed by atoms with Crippen LogP contribution < -0.4 is 0 Å². The molecule has 7 nitrogen and oxygen atoms in total. The number of nitro groups is 1. The lowest BCUT2D eigenvalue weighted by Gasteiger charge is -2.07. The average molecular weight is 325 g/mol. The normalized spacial score (nSPS) is 11.0. The number of carbonyl (C=O) groups is 1. The van der Waals surface area contributed by atoms with Gasteiger partial charge in [0.2, 0.25) is 0 Å². The van der Waals surface area contributed by atoms with Crippen LogP contribution in [0.15, 0.2) is 40.3 Å². The second kappa shape index (κ2) is 6.79. The van der Waals surface area contributed by atoms with Gasteiger partial charge in [-0.05, 0) is 24.6 Å². The van der Waals surface area contributed by atoms with E-state index in [1.54, 1.807) is 32.3 Å². The number of non-ortho nitro benzene ring substituents is 1. The van der Waals surface area contributed by atoms with E-state index in [4.69, 9.17) is 9.68 Å². The molecule has 1 amide bonds. The van der Waals surface area contributed by atoms with Crippen molar-refractivity contribution in [3.63, 3.8) is 0 Å². The van der Waals surface area contributed by atoms with E-state index in [9.17, 15) is 14.9 Å². The van der Waals surface area contributed by atoms with Gasteiger partial charge in [0.25, 0.3) is 11.6 Å². The van der Waals surface area contributed by atoms with Gasteiger partial charge in [0.05, 0.1) is 4.92 Å². The molecule has 0 N–H and O–H groups in total. The van der Waals surface area contributed by atoms with Crippen molar-refractivity contribution in [2.75, 3.05) is 14.1 Å². The van der Waals surface area contributed by atoms with Crippen LogP contribution in [0.1, 0.15) is 11.3 Å². The van der Waals surface area contributed by atoms with Crippen molar-refractivity contribution < 1.29 is 14.1 Å². The fourth-order valence-corrected chi connectivity index (χ4v) is 2.09. The molecule has 0 fully saturated rings. The molecule has 1 aromatic carbocycles. The molecule has 122 valence electrons. The molecule has 0 bridgehead atoms. The molecule has 0 saturated carbocycles. The molecule has 1 aromatic heterocycles. The summed E-state index contributed by atoms with van der Waals surface area (Å²) in [5.74, 6) is 0.321. The number of benzene rings is 1. The maximum atomic E-state index is 11.8. The van der Waals surface area contributed by atoms with E-state index >= 15 is 0 Å². The lowest BCUT2D eigenvalue weighted by Crippen LogP contribution is -2.22. The van der Waals surface area contributed by atoms with E-state index in [0.29, 0.717) is 17.1 Å². The van der Waals surface area contributed by atoms with Gasteiger partial charge in [-0.3, -0.25) is 14.9 Å². The molecule has 0 aliphatic rings. The zero-order valence-corrected chi connectivity index (χ0v) is 13.4. The maximum Gasteiger partial charge on any atom is 0.270 e. The Bertz CT molecular complexity index is 872. The number of amides is 1. The predicted molar refractivity (Wildman–Crippen MR) is 87.8 cm³/mol. The molecule has 0 spiro atoms. The molecule has 0 atom stereocenters. The number of hydrogen-bond acceptors (Lipinski definition) is 5. The van der Waals surface area contributed by atoms with Gasteiger partial charge in [0, 0.05) is 37.9 Å². The summed E-state index contributed by atoms with van der Waals surface area (Å²) in [4.78, 5) is 23.6. The number of rotatable bonds is 4. The van der Waals surface area contributed by atoms with Gasteiger partial charge in [-0.1, -0.05) is 6.07 Å². The van der Waals surface area contributed by atoms with Crippen molar-refractivity contribution in [3.8, 4) is 17.4 Å². The quantitative estimate of drug-likeness (QED) is 0.372. The number of aryl methyl sites for hydroxylation is 1. The average Bonchev–Trinajstić information content (AvgIpc) is 3.00. The van der Waals surface area contributed by atoms with Crippen LogP contribution >= 0.6 is 0 Å². The number of nitro benzene ring substituents is 1. The largest absolute Gasteiger partial charge is 0.457 e. The lowest BCUT2D eigenvalue weighted by molar-refractivity contribution is -0.384. The SMILES string of the molecule is Cc1ccc([N+](=O)[O-])cc1-c1ccc(/C=C(/C#N)C(=O)N(C)C)o1. The van der Waals surface area contributed by atoms with Crippen LogP contribution in [-0.2, 0) is 4.79 Å².